The van der Waals surface area contributed by atoms with E-state index >= 15 is 0 Å². The molecule has 3 saturated heterocycles. The summed E-state index contributed by atoms with van der Waals surface area (Å²) in [6.07, 6.45) is 5.10. The van der Waals surface area contributed by atoms with Crippen LogP contribution in [0, 0.1) is 23.7 Å². The number of nitrogens with one attached hydrogen (secondary N) is 3. The second-order valence-corrected chi connectivity index (χ2v) is 14.0. The van der Waals surface area contributed by atoms with Crippen molar-refractivity contribution in [3.05, 3.63) is 0 Å². The Morgan fingerprint density at radius 3 is 2.35 bits per heavy atom. The first-order chi connectivity index (χ1) is 9.67. The van der Waals surface area contributed by atoms with E-state index in [-0.39, 0.29) is 40.3 Å². The van der Waals surface area contributed by atoms with Crippen molar-refractivity contribution in [3.63, 3.8) is 0 Å². The number of hydrogen-bond donors (Lipinski definition) is 3. The number of halogens is 2. The van der Waals surface area contributed by atoms with E-state index in [9.17, 15) is 4.79 Å². The summed E-state index contributed by atoms with van der Waals surface area (Å²) >= 11 is -1.28. The molecule has 6 rings (SSSR count). The normalized spacial score (nSPS) is 60.1. The Bertz CT molecular complexity index is 530. The van der Waals surface area contributed by atoms with Crippen molar-refractivity contribution >= 4 is 26.3 Å². The number of rotatable bonds is 4. The maximum absolute atomic E-state index is 12.8. The topological polar surface area (TPSA) is 92.1 Å². The van der Waals surface area contributed by atoms with E-state index in [1.807, 2.05) is 0 Å². The number of carbonyl (C=O) groups excluding carboxylic acids is 1. The van der Waals surface area contributed by atoms with Gasteiger partial charge in [-0.3, -0.25) is 0 Å². The third-order valence-electron chi connectivity index (χ3n) is 6.72. The second-order valence-electron chi connectivity index (χ2n) is 7.03. The molecule has 6 fully saturated rings. The van der Waals surface area contributed by atoms with Gasteiger partial charge < -0.3 is 0 Å². The Morgan fingerprint density at radius 2 is 1.95 bits per heavy atom. The van der Waals surface area contributed by atoms with Crippen LogP contribution < -0.4 is 32.1 Å². The van der Waals surface area contributed by atoms with Gasteiger partial charge in [-0.1, -0.05) is 0 Å². The van der Waals surface area contributed by atoms with Crippen LogP contribution in [0.3, 0.4) is 0 Å². The van der Waals surface area contributed by atoms with E-state index < -0.39 is 20.4 Å². The van der Waals surface area contributed by atoms with Crippen molar-refractivity contribution in [2.45, 2.75) is 45.4 Å². The van der Waals surface area contributed by atoms with Crippen molar-refractivity contribution in [2.75, 3.05) is 0 Å². The number of alkyl halides is 2. The maximum atomic E-state index is 12.8. The van der Waals surface area contributed by atoms with Crippen LogP contribution >= 0.6 is 20.4 Å². The van der Waals surface area contributed by atoms with Crippen molar-refractivity contribution in [1.82, 2.24) is 10.6 Å². The van der Waals surface area contributed by atoms with Crippen LogP contribution in [0.5, 0.6) is 0 Å². The third-order valence-corrected chi connectivity index (χ3v) is 15.2. The minimum absolute atomic E-state index is 0.0536. The summed E-state index contributed by atoms with van der Waals surface area (Å²) in [6, 6.07) is 0. The predicted octanol–water partition coefficient (Wildman–Crippen LogP) is -2.15. The van der Waals surface area contributed by atoms with Crippen LogP contribution in [0.2, 0.25) is 0 Å². The molecule has 5 unspecified atom stereocenters. The van der Waals surface area contributed by atoms with Gasteiger partial charge in [0.15, 0.2) is 0 Å². The fourth-order valence-electron chi connectivity index (χ4n) is 5.28. The number of hydrogen-bond acceptors (Lipinski definition) is 5. The van der Waals surface area contributed by atoms with Gasteiger partial charge in [0.2, 0.25) is 0 Å². The van der Waals surface area contributed by atoms with E-state index in [2.05, 4.69) is 17.5 Å². The van der Waals surface area contributed by atoms with Crippen LogP contribution in [0.4, 0.5) is 0 Å². The van der Waals surface area contributed by atoms with Crippen LogP contribution in [-0.2, 0) is 9.53 Å². The standard InChI is InChI=1S/C13H18I2N3O2/c1-2-11(8-5-9(11)7-4-3-6(7)8)20-10(19)12(14-16-12)13-15(17-13)18-13/h6-9,16-18H,2-5H2,1H3/q-1. The minimum atomic E-state index is -1.07. The van der Waals surface area contributed by atoms with E-state index in [1.54, 1.807) is 0 Å². The molecule has 3 heterocycles. The molecule has 3 N–H and O–H groups in total. The molecule has 3 aliphatic carbocycles. The third kappa shape index (κ3) is 1.10. The van der Waals surface area contributed by atoms with E-state index in [1.165, 1.54) is 19.3 Å². The molecule has 0 amide bonds. The molecule has 2 bridgehead atoms. The van der Waals surface area contributed by atoms with Gasteiger partial charge >= 0.3 is 137 Å². The van der Waals surface area contributed by atoms with Gasteiger partial charge in [0.05, 0.1) is 0 Å². The number of esters is 1. The zero-order chi connectivity index (χ0) is 13.3. The van der Waals surface area contributed by atoms with Gasteiger partial charge in [0.1, 0.15) is 0 Å². The molecule has 6 aliphatic rings. The van der Waals surface area contributed by atoms with Crippen molar-refractivity contribution in [2.24, 2.45) is 23.7 Å². The Morgan fingerprint density at radius 1 is 1.35 bits per heavy atom. The van der Waals surface area contributed by atoms with Gasteiger partial charge in [-0.05, 0) is 0 Å². The number of carbonyl (C=O) groups is 1. The van der Waals surface area contributed by atoms with Gasteiger partial charge in [-0.2, -0.15) is 0 Å². The van der Waals surface area contributed by atoms with Gasteiger partial charge in [-0.25, -0.2) is 0 Å². The van der Waals surface area contributed by atoms with Crippen LogP contribution in [0.1, 0.15) is 32.6 Å². The first-order valence-corrected chi connectivity index (χ1v) is 13.0. The summed E-state index contributed by atoms with van der Waals surface area (Å²) in [7, 11) is 0. The molecule has 0 aromatic heterocycles. The van der Waals surface area contributed by atoms with Crippen LogP contribution in [0.25, 0.3) is 0 Å². The van der Waals surface area contributed by atoms with Gasteiger partial charge in [0, 0.05) is 0 Å². The van der Waals surface area contributed by atoms with Gasteiger partial charge in [0.25, 0.3) is 0 Å². The summed E-state index contributed by atoms with van der Waals surface area (Å²) < 4.78 is 16.5. The zero-order valence-corrected chi connectivity index (χ0v) is 15.5. The summed E-state index contributed by atoms with van der Waals surface area (Å²) in [5.74, 6) is 3.21. The zero-order valence-electron chi connectivity index (χ0n) is 11.2. The molecule has 112 valence electrons. The van der Waals surface area contributed by atoms with E-state index in [0.29, 0.717) is 11.8 Å². The molecule has 3 aliphatic heterocycles. The summed E-state index contributed by atoms with van der Waals surface area (Å²) in [5, 5.41) is 0. The fourth-order valence-corrected chi connectivity index (χ4v) is 15.3. The summed E-state index contributed by atoms with van der Waals surface area (Å²) in [5.41, 5.74) is -0.0800. The molecule has 0 spiro atoms. The SMILES string of the molecule is CCC1(OC(=O)C2(C34NI3N4)N[I-]2)C2CC1C1CCC12. The van der Waals surface area contributed by atoms with E-state index in [0.717, 1.165) is 18.3 Å². The quantitative estimate of drug-likeness (QED) is 0.102. The Hall–Kier alpha value is 0.810. The average molecular weight is 502 g/mol. The summed E-state index contributed by atoms with van der Waals surface area (Å²) in [4.78, 5) is 12.8. The first-order valence-electron chi connectivity index (χ1n) is 7.58. The van der Waals surface area contributed by atoms with Crippen LogP contribution in [-0.4, -0.2) is 18.8 Å². The Balaban J connectivity index is 1.29. The number of fused-ring (bicyclic) bond motifs is 6. The van der Waals surface area contributed by atoms with E-state index in [4.69, 9.17) is 4.74 Å². The molecule has 5 nitrogen and oxygen atoms in total. The van der Waals surface area contributed by atoms with Crippen molar-refractivity contribution in [1.29, 1.82) is 0 Å². The Labute approximate surface area is 136 Å². The monoisotopic (exact) mass is 502 g/mol. The predicted molar refractivity (Wildman–Crippen MR) is 75.8 cm³/mol. The summed E-state index contributed by atoms with van der Waals surface area (Å²) in [6.45, 7) is 2.22. The van der Waals surface area contributed by atoms with Gasteiger partial charge in [-0.15, -0.1) is 0 Å². The van der Waals surface area contributed by atoms with Crippen LogP contribution in [0.15, 0.2) is 0 Å². The molecule has 3 saturated carbocycles. The number of ether oxygens (including phenoxy) is 1. The average Bonchev–Trinajstić information content (AvgIpc) is 3.23. The van der Waals surface area contributed by atoms with Crippen molar-refractivity contribution in [3.8, 4) is 0 Å². The molecule has 0 aromatic rings. The Kier molecular flexibility index (Phi) is 2.05. The molecule has 5 atom stereocenters. The molecular formula is C13H18I2N3O2-. The fraction of sp³-hybridized carbons (Fsp3) is 0.923. The van der Waals surface area contributed by atoms with Crippen molar-refractivity contribution < 1.29 is 31.0 Å². The molecular weight excluding hydrogens is 484 g/mol. The molecule has 0 radical (unpaired) electrons. The molecule has 20 heavy (non-hydrogen) atoms. The second kappa shape index (κ2) is 3.34. The first kappa shape index (κ1) is 12.3. The molecule has 0 aromatic carbocycles. The molecule has 7 heteroatoms.